The standard InChI is InChI=1S/C23H22ClN3O4S/c1-2-16-8-3-5-12-20(16)26-22(28)15-25-23(29)17-9-7-10-18(14-17)32(30,31)27-21-13-6-4-11-19(21)24/h3-14,27H,2,15H2,1H3,(H,25,29)(H,26,28). The van der Waals surface area contributed by atoms with Gasteiger partial charge in [0.05, 0.1) is 22.2 Å². The first-order chi connectivity index (χ1) is 15.3. The summed E-state index contributed by atoms with van der Waals surface area (Å²) in [6, 6.07) is 19.4. The predicted molar refractivity (Wildman–Crippen MR) is 125 cm³/mol. The molecule has 0 atom stereocenters. The van der Waals surface area contributed by atoms with E-state index in [0.29, 0.717) is 5.69 Å². The molecule has 3 aromatic rings. The first-order valence-electron chi connectivity index (χ1n) is 9.83. The van der Waals surface area contributed by atoms with Crippen LogP contribution in [0.1, 0.15) is 22.8 Å². The number of nitrogens with one attached hydrogen (secondary N) is 3. The van der Waals surface area contributed by atoms with Gasteiger partial charge in [-0.25, -0.2) is 8.42 Å². The van der Waals surface area contributed by atoms with Gasteiger partial charge < -0.3 is 10.6 Å². The van der Waals surface area contributed by atoms with Crippen molar-refractivity contribution in [3.63, 3.8) is 0 Å². The van der Waals surface area contributed by atoms with Crippen LogP contribution in [0.3, 0.4) is 0 Å². The molecule has 0 radical (unpaired) electrons. The molecule has 0 bridgehead atoms. The van der Waals surface area contributed by atoms with Crippen LogP contribution in [0.15, 0.2) is 77.7 Å². The molecule has 0 fully saturated rings. The van der Waals surface area contributed by atoms with E-state index in [9.17, 15) is 18.0 Å². The average molecular weight is 472 g/mol. The summed E-state index contributed by atoms with van der Waals surface area (Å²) in [5.41, 5.74) is 2.01. The van der Waals surface area contributed by atoms with Crippen LogP contribution in [-0.2, 0) is 21.2 Å². The molecule has 0 saturated carbocycles. The number of carbonyl (C=O) groups is 2. The monoisotopic (exact) mass is 471 g/mol. The van der Waals surface area contributed by atoms with Crippen LogP contribution in [0.4, 0.5) is 11.4 Å². The minimum atomic E-state index is -3.97. The maximum Gasteiger partial charge on any atom is 0.261 e. The maximum atomic E-state index is 12.7. The van der Waals surface area contributed by atoms with Crippen LogP contribution in [-0.4, -0.2) is 26.8 Å². The molecule has 0 aliphatic carbocycles. The number of anilines is 2. The molecule has 3 N–H and O–H groups in total. The lowest BCUT2D eigenvalue weighted by Crippen LogP contribution is -2.33. The molecule has 0 saturated heterocycles. The second-order valence-electron chi connectivity index (χ2n) is 6.85. The van der Waals surface area contributed by atoms with Gasteiger partial charge in [0.1, 0.15) is 0 Å². The molecule has 7 nitrogen and oxygen atoms in total. The highest BCUT2D eigenvalue weighted by Crippen LogP contribution is 2.24. The summed E-state index contributed by atoms with van der Waals surface area (Å²) in [7, 11) is -3.97. The van der Waals surface area contributed by atoms with Gasteiger partial charge in [-0.3, -0.25) is 14.3 Å². The molecule has 9 heteroatoms. The van der Waals surface area contributed by atoms with Gasteiger partial charge in [0.2, 0.25) is 5.91 Å². The van der Waals surface area contributed by atoms with Gasteiger partial charge in [0, 0.05) is 11.3 Å². The number of sulfonamides is 1. The summed E-state index contributed by atoms with van der Waals surface area (Å²) >= 11 is 6.02. The van der Waals surface area contributed by atoms with Gasteiger partial charge in [-0.2, -0.15) is 0 Å². The largest absolute Gasteiger partial charge is 0.343 e. The van der Waals surface area contributed by atoms with Crippen LogP contribution >= 0.6 is 11.6 Å². The van der Waals surface area contributed by atoms with Gasteiger partial charge in [0.15, 0.2) is 0 Å². The van der Waals surface area contributed by atoms with Crippen molar-refractivity contribution in [1.82, 2.24) is 5.32 Å². The molecular weight excluding hydrogens is 450 g/mol. The van der Waals surface area contributed by atoms with Gasteiger partial charge >= 0.3 is 0 Å². The molecule has 3 aromatic carbocycles. The third-order valence-corrected chi connectivity index (χ3v) is 6.30. The normalized spacial score (nSPS) is 10.9. The summed E-state index contributed by atoms with van der Waals surface area (Å²) in [5, 5.41) is 5.52. The number of hydrogen-bond acceptors (Lipinski definition) is 4. The molecule has 0 heterocycles. The Morgan fingerprint density at radius 2 is 1.59 bits per heavy atom. The lowest BCUT2D eigenvalue weighted by Gasteiger charge is -2.12. The van der Waals surface area contributed by atoms with E-state index in [1.807, 2.05) is 25.1 Å². The molecule has 166 valence electrons. The van der Waals surface area contributed by atoms with E-state index in [1.54, 1.807) is 24.3 Å². The van der Waals surface area contributed by atoms with Crippen molar-refractivity contribution < 1.29 is 18.0 Å². The molecule has 0 aliphatic rings. The minimum Gasteiger partial charge on any atom is -0.343 e. The van der Waals surface area contributed by atoms with Crippen LogP contribution in [0.5, 0.6) is 0 Å². The smallest absolute Gasteiger partial charge is 0.261 e. The number of aryl methyl sites for hydroxylation is 1. The van der Waals surface area contributed by atoms with Crippen molar-refractivity contribution in [3.05, 3.63) is 88.9 Å². The van der Waals surface area contributed by atoms with E-state index in [1.165, 1.54) is 30.3 Å². The number of rotatable bonds is 8. The van der Waals surface area contributed by atoms with Crippen molar-refractivity contribution in [2.45, 2.75) is 18.2 Å². The second kappa shape index (κ2) is 10.3. The number of hydrogen-bond donors (Lipinski definition) is 3. The van der Waals surface area contributed by atoms with E-state index in [4.69, 9.17) is 11.6 Å². The lowest BCUT2D eigenvalue weighted by atomic mass is 10.1. The molecule has 2 amide bonds. The number of benzene rings is 3. The zero-order valence-electron chi connectivity index (χ0n) is 17.3. The zero-order valence-corrected chi connectivity index (χ0v) is 18.8. The Morgan fingerprint density at radius 3 is 2.31 bits per heavy atom. The highest BCUT2D eigenvalue weighted by Gasteiger charge is 2.18. The Bertz CT molecular complexity index is 1250. The van der Waals surface area contributed by atoms with Gasteiger partial charge in [-0.1, -0.05) is 54.9 Å². The topological polar surface area (TPSA) is 104 Å². The Balaban J connectivity index is 1.66. The van der Waals surface area contributed by atoms with Crippen molar-refractivity contribution in [2.24, 2.45) is 0 Å². The van der Waals surface area contributed by atoms with E-state index in [2.05, 4.69) is 15.4 Å². The van der Waals surface area contributed by atoms with Gasteiger partial charge in [-0.15, -0.1) is 0 Å². The summed E-state index contributed by atoms with van der Waals surface area (Å²) in [6.07, 6.45) is 0.756. The Hall–Kier alpha value is -3.36. The summed E-state index contributed by atoms with van der Waals surface area (Å²) in [5.74, 6) is -0.956. The fraction of sp³-hybridized carbons (Fsp3) is 0.130. The molecule has 3 rings (SSSR count). The number of para-hydroxylation sites is 2. The Morgan fingerprint density at radius 1 is 0.906 bits per heavy atom. The van der Waals surface area contributed by atoms with E-state index >= 15 is 0 Å². The molecular formula is C23H22ClN3O4S. The number of carbonyl (C=O) groups excluding carboxylic acids is 2. The number of halogens is 1. The summed E-state index contributed by atoms with van der Waals surface area (Å²) < 4.78 is 27.8. The fourth-order valence-electron chi connectivity index (χ4n) is 2.96. The minimum absolute atomic E-state index is 0.105. The van der Waals surface area contributed by atoms with Crippen molar-refractivity contribution in [3.8, 4) is 0 Å². The third kappa shape index (κ3) is 5.87. The summed E-state index contributed by atoms with van der Waals surface area (Å²) in [4.78, 5) is 24.6. The third-order valence-electron chi connectivity index (χ3n) is 4.61. The Kier molecular flexibility index (Phi) is 7.50. The van der Waals surface area contributed by atoms with Gasteiger partial charge in [-0.05, 0) is 48.4 Å². The fourth-order valence-corrected chi connectivity index (χ4v) is 4.32. The quantitative estimate of drug-likeness (QED) is 0.460. The van der Waals surface area contributed by atoms with E-state index in [-0.39, 0.29) is 33.6 Å². The van der Waals surface area contributed by atoms with Crippen LogP contribution in [0.2, 0.25) is 5.02 Å². The number of amides is 2. The highest BCUT2D eigenvalue weighted by molar-refractivity contribution is 7.92. The van der Waals surface area contributed by atoms with E-state index in [0.717, 1.165) is 12.0 Å². The van der Waals surface area contributed by atoms with Crippen LogP contribution < -0.4 is 15.4 Å². The van der Waals surface area contributed by atoms with Crippen LogP contribution in [0.25, 0.3) is 0 Å². The van der Waals surface area contributed by atoms with Crippen molar-refractivity contribution in [2.75, 3.05) is 16.6 Å². The molecule has 0 aromatic heterocycles. The average Bonchev–Trinajstić information content (AvgIpc) is 2.79. The first kappa shape index (κ1) is 23.3. The van der Waals surface area contributed by atoms with Crippen LogP contribution in [0, 0.1) is 0 Å². The van der Waals surface area contributed by atoms with Crippen molar-refractivity contribution >= 4 is 44.8 Å². The first-order valence-corrected chi connectivity index (χ1v) is 11.7. The van der Waals surface area contributed by atoms with Gasteiger partial charge in [0.25, 0.3) is 15.9 Å². The lowest BCUT2D eigenvalue weighted by molar-refractivity contribution is -0.115. The molecule has 0 unspecified atom stereocenters. The maximum absolute atomic E-state index is 12.7. The molecule has 0 spiro atoms. The predicted octanol–water partition coefficient (Wildman–Crippen LogP) is 4.07. The second-order valence-corrected chi connectivity index (χ2v) is 8.94. The van der Waals surface area contributed by atoms with E-state index < -0.39 is 15.9 Å². The zero-order chi connectivity index (χ0) is 23.1. The van der Waals surface area contributed by atoms with Crippen molar-refractivity contribution in [1.29, 1.82) is 0 Å². The summed E-state index contributed by atoms with van der Waals surface area (Å²) in [6.45, 7) is 1.72. The highest BCUT2D eigenvalue weighted by atomic mass is 35.5. The molecule has 32 heavy (non-hydrogen) atoms. The molecule has 0 aliphatic heterocycles. The SMILES string of the molecule is CCc1ccccc1NC(=O)CNC(=O)c1cccc(S(=O)(=O)Nc2ccccc2Cl)c1. The Labute approximate surface area is 191 Å².